The zero-order valence-corrected chi connectivity index (χ0v) is 15.4. The molecular formula is C19H27N3O4. The van der Waals surface area contributed by atoms with Gasteiger partial charge in [0.25, 0.3) is 0 Å². The van der Waals surface area contributed by atoms with Crippen LogP contribution in [0.1, 0.15) is 35.2 Å². The minimum absolute atomic E-state index is 0.0304. The van der Waals surface area contributed by atoms with E-state index >= 15 is 0 Å². The number of nitrogens with zero attached hydrogens (tertiary/aromatic N) is 1. The lowest BCUT2D eigenvalue weighted by molar-refractivity contribution is 0.0600. The number of piperidine rings is 1. The zero-order chi connectivity index (χ0) is 18.5. The van der Waals surface area contributed by atoms with Gasteiger partial charge < -0.3 is 20.1 Å². The Morgan fingerprint density at radius 2 is 1.96 bits per heavy atom. The quantitative estimate of drug-likeness (QED) is 0.804. The van der Waals surface area contributed by atoms with Crippen molar-refractivity contribution in [3.63, 3.8) is 0 Å². The van der Waals surface area contributed by atoms with E-state index in [0.29, 0.717) is 24.5 Å². The fourth-order valence-corrected chi connectivity index (χ4v) is 3.62. The molecule has 0 spiro atoms. The Hall–Kier alpha value is -2.12. The van der Waals surface area contributed by atoms with Gasteiger partial charge in [0.2, 0.25) is 0 Å². The van der Waals surface area contributed by atoms with Gasteiger partial charge in [-0.2, -0.15) is 0 Å². The number of aryl methyl sites for hydroxylation is 1. The molecule has 7 nitrogen and oxygen atoms in total. The maximum Gasteiger partial charge on any atom is 0.337 e. The van der Waals surface area contributed by atoms with E-state index in [4.69, 9.17) is 9.47 Å². The van der Waals surface area contributed by atoms with E-state index in [1.165, 1.54) is 26.4 Å². The molecule has 2 amide bonds. The Balaban J connectivity index is 1.62. The lowest BCUT2D eigenvalue weighted by atomic mass is 10.1. The van der Waals surface area contributed by atoms with Crippen molar-refractivity contribution in [1.82, 2.24) is 10.2 Å². The first kappa shape index (κ1) is 18.7. The summed E-state index contributed by atoms with van der Waals surface area (Å²) in [6, 6.07) is 5.01. The molecular weight excluding hydrogens is 334 g/mol. The van der Waals surface area contributed by atoms with Gasteiger partial charge in [0.15, 0.2) is 0 Å². The van der Waals surface area contributed by atoms with E-state index < -0.39 is 5.97 Å². The highest BCUT2D eigenvalue weighted by molar-refractivity contribution is 5.94. The summed E-state index contributed by atoms with van der Waals surface area (Å²) in [6.07, 6.45) is 3.68. The first-order chi connectivity index (χ1) is 12.6. The SMILES string of the molecule is COC(=O)c1ccc(C)c(NC(=O)N[C@@H]2COC[C@H]2N2CCCCC2)c1. The zero-order valence-electron chi connectivity index (χ0n) is 15.4. The monoisotopic (exact) mass is 361 g/mol. The molecule has 7 heteroatoms. The van der Waals surface area contributed by atoms with Crippen molar-refractivity contribution in [2.45, 2.75) is 38.3 Å². The topological polar surface area (TPSA) is 79.9 Å². The van der Waals surface area contributed by atoms with E-state index in [0.717, 1.165) is 18.7 Å². The molecule has 3 rings (SSSR count). The van der Waals surface area contributed by atoms with Gasteiger partial charge in [-0.25, -0.2) is 9.59 Å². The van der Waals surface area contributed by atoms with E-state index in [-0.39, 0.29) is 18.1 Å². The number of urea groups is 1. The Labute approximate surface area is 154 Å². The van der Waals surface area contributed by atoms with Crippen LogP contribution in [-0.2, 0) is 9.47 Å². The third-order valence-corrected chi connectivity index (χ3v) is 5.13. The number of benzene rings is 1. The number of amides is 2. The van der Waals surface area contributed by atoms with Crippen molar-refractivity contribution in [1.29, 1.82) is 0 Å². The molecule has 2 atom stereocenters. The van der Waals surface area contributed by atoms with Crippen LogP contribution < -0.4 is 10.6 Å². The number of ether oxygens (including phenoxy) is 2. The molecule has 26 heavy (non-hydrogen) atoms. The van der Waals surface area contributed by atoms with Gasteiger partial charge in [0, 0.05) is 5.69 Å². The van der Waals surface area contributed by atoms with E-state index in [9.17, 15) is 9.59 Å². The fourth-order valence-electron chi connectivity index (χ4n) is 3.62. The summed E-state index contributed by atoms with van der Waals surface area (Å²) in [5.74, 6) is -0.428. The number of anilines is 1. The summed E-state index contributed by atoms with van der Waals surface area (Å²) in [6.45, 7) is 5.19. The summed E-state index contributed by atoms with van der Waals surface area (Å²) in [5, 5.41) is 5.88. The molecule has 1 aromatic carbocycles. The van der Waals surface area contributed by atoms with Crippen molar-refractivity contribution >= 4 is 17.7 Å². The molecule has 2 aliphatic rings. The normalized spacial score (nSPS) is 23.5. The van der Waals surface area contributed by atoms with Gasteiger partial charge in [-0.05, 0) is 50.6 Å². The number of carbonyl (C=O) groups is 2. The summed E-state index contributed by atoms with van der Waals surface area (Å²) in [5.41, 5.74) is 1.88. The predicted molar refractivity (Wildman–Crippen MR) is 98.5 cm³/mol. The van der Waals surface area contributed by atoms with Gasteiger partial charge in [-0.15, -0.1) is 0 Å². The molecule has 1 aromatic rings. The summed E-state index contributed by atoms with van der Waals surface area (Å²) in [4.78, 5) is 26.6. The Kier molecular flexibility index (Phi) is 6.11. The van der Waals surface area contributed by atoms with Crippen LogP contribution in [0.3, 0.4) is 0 Å². The molecule has 2 N–H and O–H groups in total. The maximum absolute atomic E-state index is 12.5. The van der Waals surface area contributed by atoms with Crippen LogP contribution >= 0.6 is 0 Å². The van der Waals surface area contributed by atoms with Gasteiger partial charge >= 0.3 is 12.0 Å². The lowest BCUT2D eigenvalue weighted by Crippen LogP contribution is -2.53. The number of methoxy groups -OCH3 is 1. The first-order valence-corrected chi connectivity index (χ1v) is 9.17. The second-order valence-electron chi connectivity index (χ2n) is 6.93. The molecule has 0 bridgehead atoms. The van der Waals surface area contributed by atoms with Crippen LogP contribution in [0.5, 0.6) is 0 Å². The van der Waals surface area contributed by atoms with Crippen LogP contribution in [0.4, 0.5) is 10.5 Å². The summed E-state index contributed by atoms with van der Waals surface area (Å²) < 4.78 is 10.4. The largest absolute Gasteiger partial charge is 0.465 e. The van der Waals surface area contributed by atoms with Crippen molar-refractivity contribution in [3.8, 4) is 0 Å². The molecule has 142 valence electrons. The second-order valence-corrected chi connectivity index (χ2v) is 6.93. The Bertz CT molecular complexity index is 658. The standard InChI is InChI=1S/C19H27N3O4/c1-13-6-7-14(18(23)25-2)10-15(13)20-19(24)21-16-11-26-12-17(16)22-8-4-3-5-9-22/h6-7,10,16-17H,3-5,8-9,11-12H2,1-2H3,(H2,20,21,24)/t16-,17-/m1/s1. The molecule has 0 aromatic heterocycles. The Morgan fingerprint density at radius 3 is 2.69 bits per heavy atom. The molecule has 0 saturated carbocycles. The third kappa shape index (κ3) is 4.34. The number of nitrogens with one attached hydrogen (secondary N) is 2. The number of hydrogen-bond donors (Lipinski definition) is 2. The first-order valence-electron chi connectivity index (χ1n) is 9.17. The molecule has 2 heterocycles. The van der Waals surface area contributed by atoms with Gasteiger partial charge in [-0.1, -0.05) is 12.5 Å². The Morgan fingerprint density at radius 1 is 1.19 bits per heavy atom. The molecule has 2 aliphatic heterocycles. The third-order valence-electron chi connectivity index (χ3n) is 5.13. The molecule has 0 unspecified atom stereocenters. The van der Waals surface area contributed by atoms with Crippen molar-refractivity contribution < 1.29 is 19.1 Å². The number of esters is 1. The van der Waals surface area contributed by atoms with E-state index in [1.807, 2.05) is 6.92 Å². The second kappa shape index (κ2) is 8.51. The smallest absolute Gasteiger partial charge is 0.337 e. The van der Waals surface area contributed by atoms with Gasteiger partial charge in [0.05, 0.1) is 38.0 Å². The highest BCUT2D eigenvalue weighted by Gasteiger charge is 2.34. The van der Waals surface area contributed by atoms with Crippen molar-refractivity contribution in [2.24, 2.45) is 0 Å². The van der Waals surface area contributed by atoms with Crippen LogP contribution in [0.15, 0.2) is 18.2 Å². The van der Waals surface area contributed by atoms with Crippen LogP contribution in [0.2, 0.25) is 0 Å². The van der Waals surface area contributed by atoms with Crippen molar-refractivity contribution in [3.05, 3.63) is 29.3 Å². The van der Waals surface area contributed by atoms with Crippen LogP contribution in [-0.4, -0.2) is 62.4 Å². The molecule has 0 radical (unpaired) electrons. The number of rotatable bonds is 4. The fraction of sp³-hybridized carbons (Fsp3) is 0.579. The number of likely N-dealkylation sites (tertiary alicyclic amines) is 1. The molecule has 2 fully saturated rings. The van der Waals surface area contributed by atoms with Gasteiger partial charge in [-0.3, -0.25) is 4.90 Å². The maximum atomic E-state index is 12.5. The van der Waals surface area contributed by atoms with Gasteiger partial charge in [0.1, 0.15) is 0 Å². The van der Waals surface area contributed by atoms with Crippen molar-refractivity contribution in [2.75, 3.05) is 38.7 Å². The summed E-state index contributed by atoms with van der Waals surface area (Å²) >= 11 is 0. The summed E-state index contributed by atoms with van der Waals surface area (Å²) in [7, 11) is 1.34. The predicted octanol–water partition coefficient (Wildman–Crippen LogP) is 2.16. The van der Waals surface area contributed by atoms with Crippen LogP contribution in [0.25, 0.3) is 0 Å². The number of carbonyl (C=O) groups excluding carboxylic acids is 2. The molecule has 0 aliphatic carbocycles. The highest BCUT2D eigenvalue weighted by Crippen LogP contribution is 2.20. The van der Waals surface area contributed by atoms with Crippen LogP contribution in [0, 0.1) is 6.92 Å². The highest BCUT2D eigenvalue weighted by atomic mass is 16.5. The molecule has 2 saturated heterocycles. The number of hydrogen-bond acceptors (Lipinski definition) is 5. The minimum Gasteiger partial charge on any atom is -0.465 e. The average Bonchev–Trinajstić information content (AvgIpc) is 3.11. The minimum atomic E-state index is -0.428. The average molecular weight is 361 g/mol. The lowest BCUT2D eigenvalue weighted by Gasteiger charge is -2.34. The van der Waals surface area contributed by atoms with E-state index in [2.05, 4.69) is 15.5 Å². The van der Waals surface area contributed by atoms with E-state index in [1.54, 1.807) is 18.2 Å².